The smallest absolute Gasteiger partial charge is 0.407 e. The van der Waals surface area contributed by atoms with Gasteiger partial charge in [0.25, 0.3) is 0 Å². The van der Waals surface area contributed by atoms with E-state index in [1.54, 1.807) is 0 Å². The van der Waals surface area contributed by atoms with E-state index in [0.29, 0.717) is 12.5 Å². The van der Waals surface area contributed by atoms with Gasteiger partial charge in [-0.2, -0.15) is 0 Å². The summed E-state index contributed by atoms with van der Waals surface area (Å²) in [6.45, 7) is 8.29. The van der Waals surface area contributed by atoms with Gasteiger partial charge in [-0.1, -0.05) is 52.0 Å². The molecule has 4 aliphatic rings. The molecule has 8 rings (SSSR count). The van der Waals surface area contributed by atoms with Gasteiger partial charge in [-0.05, 0) is 108 Å². The summed E-state index contributed by atoms with van der Waals surface area (Å²) in [6, 6.07) is 11.5. The normalized spacial score (nSPS) is 21.8. The lowest BCUT2D eigenvalue weighted by atomic mass is 9.83. The van der Waals surface area contributed by atoms with Crippen molar-refractivity contribution in [1.82, 2.24) is 40.4 Å². The van der Waals surface area contributed by atoms with Gasteiger partial charge in [0, 0.05) is 12.6 Å². The molecule has 14 nitrogen and oxygen atoms in total. The molecule has 2 aliphatic carbocycles. The number of likely N-dealkylation sites (tertiary alicyclic amines) is 2. The number of benzene rings is 2. The molecule has 6 unspecified atom stereocenters. The van der Waals surface area contributed by atoms with Crippen LogP contribution < -0.4 is 10.6 Å². The molecule has 4 N–H and O–H groups in total. The van der Waals surface area contributed by atoms with Crippen LogP contribution in [0.25, 0.3) is 33.6 Å². The number of aromatic nitrogens is 4. The number of hydrogen-bond acceptors (Lipinski definition) is 8. The Morgan fingerprint density at radius 1 is 0.741 bits per heavy atom. The molecule has 306 valence electrons. The number of methoxy groups -OCH3 is 2. The third-order valence-electron chi connectivity index (χ3n) is 12.7. The minimum Gasteiger partial charge on any atom is -0.453 e. The van der Waals surface area contributed by atoms with Gasteiger partial charge in [0.05, 0.1) is 50.1 Å². The van der Waals surface area contributed by atoms with Gasteiger partial charge in [-0.25, -0.2) is 19.6 Å². The average molecular weight is 791 g/mol. The molecular formula is C44H54N8O6. The van der Waals surface area contributed by atoms with E-state index in [9.17, 15) is 19.2 Å². The van der Waals surface area contributed by atoms with Crippen LogP contribution in [0.4, 0.5) is 9.59 Å². The van der Waals surface area contributed by atoms with E-state index in [-0.39, 0.29) is 41.8 Å². The summed E-state index contributed by atoms with van der Waals surface area (Å²) in [5, 5.41) is 5.48. The fraction of sp³-hybridized carbons (Fsp3) is 0.500. The lowest BCUT2D eigenvalue weighted by Gasteiger charge is -2.37. The fourth-order valence-electron chi connectivity index (χ4n) is 9.73. The average Bonchev–Trinajstić information content (AvgIpc) is 4.09. The highest BCUT2D eigenvalue weighted by Gasteiger charge is 2.51. The quantitative estimate of drug-likeness (QED) is 0.137. The molecule has 2 bridgehead atoms. The maximum atomic E-state index is 14.0. The second-order valence-electron chi connectivity index (χ2n) is 16.9. The number of nitrogens with one attached hydrogen (secondary N) is 4. The number of ether oxygens (including phenoxy) is 2. The van der Waals surface area contributed by atoms with Crippen molar-refractivity contribution < 1.29 is 28.7 Å². The van der Waals surface area contributed by atoms with Gasteiger partial charge in [0.2, 0.25) is 11.8 Å². The minimum atomic E-state index is -0.684. The summed E-state index contributed by atoms with van der Waals surface area (Å²) in [4.78, 5) is 72.3. The van der Waals surface area contributed by atoms with Crippen molar-refractivity contribution in [2.75, 3.05) is 20.8 Å². The third-order valence-corrected chi connectivity index (χ3v) is 12.7. The van der Waals surface area contributed by atoms with Crippen molar-refractivity contribution in [2.45, 2.75) is 103 Å². The van der Waals surface area contributed by atoms with Crippen LogP contribution in [0.15, 0.2) is 48.8 Å². The first-order valence-electron chi connectivity index (χ1n) is 20.6. The number of piperidine rings is 1. The first-order valence-corrected chi connectivity index (χ1v) is 20.6. The van der Waals surface area contributed by atoms with Crippen molar-refractivity contribution >= 4 is 24.0 Å². The number of imidazole rings is 2. The second kappa shape index (κ2) is 15.9. The highest BCUT2D eigenvalue weighted by molar-refractivity contribution is 5.87. The van der Waals surface area contributed by atoms with Crippen molar-refractivity contribution in [3.8, 4) is 33.6 Å². The Labute approximate surface area is 338 Å². The lowest BCUT2D eigenvalue weighted by molar-refractivity contribution is -0.139. The summed E-state index contributed by atoms with van der Waals surface area (Å²) in [5.41, 5.74) is 8.88. The number of aryl methyl sites for hydroxylation is 2. The number of carbonyl (C=O) groups excluding carboxylic acids is 4. The van der Waals surface area contributed by atoms with Crippen LogP contribution in [0.3, 0.4) is 0 Å². The summed E-state index contributed by atoms with van der Waals surface area (Å²) in [5.74, 6) is 1.43. The van der Waals surface area contributed by atoms with Gasteiger partial charge in [0.1, 0.15) is 23.7 Å². The monoisotopic (exact) mass is 790 g/mol. The van der Waals surface area contributed by atoms with E-state index in [1.165, 1.54) is 36.5 Å². The van der Waals surface area contributed by atoms with E-state index >= 15 is 0 Å². The second-order valence-corrected chi connectivity index (χ2v) is 16.9. The molecular weight excluding hydrogens is 737 g/mol. The Bertz CT molecular complexity index is 2210. The summed E-state index contributed by atoms with van der Waals surface area (Å²) in [6.07, 6.45) is 8.87. The molecule has 0 radical (unpaired) electrons. The number of alkyl carbamates (subject to hydrolysis) is 2. The highest BCUT2D eigenvalue weighted by atomic mass is 16.5. The molecule has 3 fully saturated rings. The Kier molecular flexibility index (Phi) is 10.8. The Morgan fingerprint density at radius 3 is 1.86 bits per heavy atom. The molecule has 1 saturated carbocycles. The zero-order valence-electron chi connectivity index (χ0n) is 34.1. The molecule has 0 spiro atoms. The van der Waals surface area contributed by atoms with E-state index in [0.717, 1.165) is 79.1 Å². The molecule has 2 aromatic carbocycles. The van der Waals surface area contributed by atoms with E-state index in [1.807, 2.05) is 49.9 Å². The van der Waals surface area contributed by atoms with Crippen LogP contribution in [0.1, 0.15) is 94.7 Å². The number of rotatable bonds is 10. The van der Waals surface area contributed by atoms with Crippen LogP contribution in [0.5, 0.6) is 0 Å². The van der Waals surface area contributed by atoms with Crippen LogP contribution in [0.2, 0.25) is 0 Å². The van der Waals surface area contributed by atoms with E-state index in [4.69, 9.17) is 19.4 Å². The molecule has 4 heterocycles. The highest BCUT2D eigenvalue weighted by Crippen LogP contribution is 2.50. The van der Waals surface area contributed by atoms with Gasteiger partial charge in [-0.15, -0.1) is 0 Å². The first kappa shape index (κ1) is 39.2. The zero-order chi connectivity index (χ0) is 40.8. The van der Waals surface area contributed by atoms with Gasteiger partial charge >= 0.3 is 12.2 Å². The number of amides is 4. The Morgan fingerprint density at radius 2 is 1.29 bits per heavy atom. The maximum absolute atomic E-state index is 14.0. The van der Waals surface area contributed by atoms with E-state index in [2.05, 4.69) is 57.0 Å². The molecule has 58 heavy (non-hydrogen) atoms. The zero-order valence-corrected chi connectivity index (χ0v) is 34.1. The number of nitrogens with zero attached hydrogens (tertiary/aromatic N) is 4. The number of carbonyl (C=O) groups is 4. The van der Waals surface area contributed by atoms with Gasteiger partial charge in [0.15, 0.2) is 0 Å². The Balaban J connectivity index is 0.983. The molecule has 2 saturated heterocycles. The maximum Gasteiger partial charge on any atom is 0.407 e. The van der Waals surface area contributed by atoms with Gasteiger partial charge in [-0.3, -0.25) is 9.59 Å². The minimum absolute atomic E-state index is 0.0855. The lowest BCUT2D eigenvalue weighted by Crippen LogP contribution is -2.54. The summed E-state index contributed by atoms with van der Waals surface area (Å²) < 4.78 is 9.61. The molecule has 14 heteroatoms. The van der Waals surface area contributed by atoms with Crippen molar-refractivity contribution in [3.63, 3.8) is 0 Å². The SMILES string of the molecule is COC(=O)NC(C(=O)N1CCCC1c1ncc(-c2ccc3c(c2)CCc2cc(-c4cnc(C5C6CCC(C6)N5C(=O)C(NC(=O)OC)C(C)C)[nH]4)ccc2-3)[nH]1)C(C)C. The Hall–Kier alpha value is -5.66. The first-order chi connectivity index (χ1) is 27.9. The summed E-state index contributed by atoms with van der Waals surface area (Å²) in [7, 11) is 2.61. The topological polar surface area (TPSA) is 175 Å². The van der Waals surface area contributed by atoms with Crippen molar-refractivity contribution in [2.24, 2.45) is 17.8 Å². The molecule has 2 aliphatic heterocycles. The molecule has 2 aromatic heterocycles. The van der Waals surface area contributed by atoms with E-state index < -0.39 is 24.3 Å². The standard InChI is InChI=1S/C44H54N8O6/c1-23(2)36(49-43(55)57-5)41(53)51-17-7-8-35(51)39-45-21-33(47-39)27-12-15-31-25(18-27)9-10-26-19-28(13-16-32(26)31)34-22-46-40(48-34)38-29-11-14-30(20-29)52(38)42(54)37(24(3)4)50-44(56)58-6/h12-13,15-16,18-19,21-24,29-30,35-38H,7-11,14,17,20H2,1-6H3,(H,45,47)(H,46,48)(H,49,55)(H,50,56). The largest absolute Gasteiger partial charge is 0.453 e. The van der Waals surface area contributed by atoms with Crippen LogP contribution in [0, 0.1) is 17.8 Å². The number of hydrogen-bond donors (Lipinski definition) is 4. The molecule has 4 aromatic rings. The van der Waals surface area contributed by atoms with Crippen LogP contribution in [-0.2, 0) is 31.9 Å². The van der Waals surface area contributed by atoms with Gasteiger partial charge < -0.3 is 39.9 Å². The predicted octanol–water partition coefficient (Wildman–Crippen LogP) is 6.71. The van der Waals surface area contributed by atoms with Crippen molar-refractivity contribution in [1.29, 1.82) is 0 Å². The predicted molar refractivity (Wildman–Crippen MR) is 217 cm³/mol. The van der Waals surface area contributed by atoms with Crippen LogP contribution in [-0.4, -0.2) is 92.6 Å². The fourth-order valence-corrected chi connectivity index (χ4v) is 9.73. The number of aromatic amines is 2. The summed E-state index contributed by atoms with van der Waals surface area (Å²) >= 11 is 0. The number of fused-ring (bicyclic) bond motifs is 5. The molecule has 6 atom stereocenters. The molecule has 4 amide bonds. The number of H-pyrrole nitrogens is 2. The third kappa shape index (κ3) is 7.21. The van der Waals surface area contributed by atoms with Crippen molar-refractivity contribution in [3.05, 3.63) is 71.6 Å². The van der Waals surface area contributed by atoms with Crippen LogP contribution >= 0.6 is 0 Å².